The zero-order valence-corrected chi connectivity index (χ0v) is 13.1. The first kappa shape index (κ1) is 15.2. The van der Waals surface area contributed by atoms with Crippen molar-refractivity contribution in [1.29, 1.82) is 0 Å². The Kier molecular flexibility index (Phi) is 5.77. The van der Waals surface area contributed by atoms with Crippen molar-refractivity contribution < 1.29 is 0 Å². The molecule has 1 aliphatic carbocycles. The highest BCUT2D eigenvalue weighted by molar-refractivity contribution is 5.32. The minimum absolute atomic E-state index is 0.643. The quantitative estimate of drug-likeness (QED) is 0.831. The summed E-state index contributed by atoms with van der Waals surface area (Å²) in [5, 5.41) is 3.13. The zero-order chi connectivity index (χ0) is 14.4. The first-order chi connectivity index (χ1) is 9.70. The summed E-state index contributed by atoms with van der Waals surface area (Å²) in [6.07, 6.45) is 10.4. The average Bonchev–Trinajstić information content (AvgIpc) is 2.95. The molecule has 2 rings (SSSR count). The number of hydrogen-bond acceptors (Lipinski definition) is 4. The van der Waals surface area contributed by atoms with E-state index in [0.29, 0.717) is 6.04 Å². The lowest BCUT2D eigenvalue weighted by atomic mass is 10.1. The first-order valence-electron chi connectivity index (χ1n) is 7.93. The molecule has 1 aromatic heterocycles. The van der Waals surface area contributed by atoms with Gasteiger partial charge in [0, 0.05) is 37.1 Å². The van der Waals surface area contributed by atoms with Crippen molar-refractivity contribution in [3.63, 3.8) is 0 Å². The smallest absolute Gasteiger partial charge is 0.225 e. The fraction of sp³-hybridized carbons (Fsp3) is 0.750. The highest BCUT2D eigenvalue weighted by Gasteiger charge is 2.24. The van der Waals surface area contributed by atoms with Crippen LogP contribution in [0.1, 0.15) is 51.5 Å². The lowest BCUT2D eigenvalue weighted by Gasteiger charge is -2.29. The van der Waals surface area contributed by atoms with E-state index in [1.54, 1.807) is 0 Å². The highest BCUT2D eigenvalue weighted by Crippen LogP contribution is 2.26. The van der Waals surface area contributed by atoms with Gasteiger partial charge >= 0.3 is 0 Å². The second-order valence-electron chi connectivity index (χ2n) is 6.24. The number of aromatic nitrogens is 2. The molecular weight excluding hydrogens is 248 g/mol. The Morgan fingerprint density at radius 2 is 1.90 bits per heavy atom. The molecule has 0 saturated heterocycles. The van der Waals surface area contributed by atoms with Crippen LogP contribution in [0, 0.1) is 5.92 Å². The second-order valence-corrected chi connectivity index (χ2v) is 6.24. The van der Waals surface area contributed by atoms with Gasteiger partial charge in [0.2, 0.25) is 5.95 Å². The predicted molar refractivity (Wildman–Crippen MR) is 83.9 cm³/mol. The third kappa shape index (κ3) is 4.17. The fourth-order valence-corrected chi connectivity index (χ4v) is 2.85. The normalized spacial score (nSPS) is 16.0. The third-order valence-electron chi connectivity index (χ3n) is 4.04. The maximum Gasteiger partial charge on any atom is 0.225 e. The van der Waals surface area contributed by atoms with Gasteiger partial charge in [-0.15, -0.1) is 0 Å². The molecule has 0 aromatic carbocycles. The number of hydrogen-bond donors (Lipinski definition) is 1. The van der Waals surface area contributed by atoms with E-state index < -0.39 is 0 Å². The van der Waals surface area contributed by atoms with Crippen LogP contribution in [-0.4, -0.2) is 29.6 Å². The Balaban J connectivity index is 2.07. The lowest BCUT2D eigenvalue weighted by molar-refractivity contribution is 0.520. The van der Waals surface area contributed by atoms with Crippen molar-refractivity contribution >= 4 is 5.95 Å². The van der Waals surface area contributed by atoms with Gasteiger partial charge in [0.25, 0.3) is 0 Å². The Bertz CT molecular complexity index is 382. The van der Waals surface area contributed by atoms with Gasteiger partial charge in [0.15, 0.2) is 0 Å². The lowest BCUT2D eigenvalue weighted by Crippen LogP contribution is -2.36. The van der Waals surface area contributed by atoms with E-state index in [0.717, 1.165) is 30.5 Å². The summed E-state index contributed by atoms with van der Waals surface area (Å²) in [6.45, 7) is 6.47. The van der Waals surface area contributed by atoms with Crippen molar-refractivity contribution in [3.8, 4) is 0 Å². The van der Waals surface area contributed by atoms with Crippen LogP contribution in [0.25, 0.3) is 0 Å². The van der Waals surface area contributed by atoms with Crippen LogP contribution in [-0.2, 0) is 6.54 Å². The van der Waals surface area contributed by atoms with Gasteiger partial charge in [-0.2, -0.15) is 0 Å². The molecular formula is C16H28N4. The predicted octanol–water partition coefficient (Wildman–Crippen LogP) is 2.99. The van der Waals surface area contributed by atoms with Crippen LogP contribution in [0.4, 0.5) is 5.95 Å². The van der Waals surface area contributed by atoms with Crippen LogP contribution >= 0.6 is 0 Å². The van der Waals surface area contributed by atoms with Crippen LogP contribution in [0.3, 0.4) is 0 Å². The SMILES string of the molecule is CNCc1cnc(N(CCC(C)C)C2CCCC2)nc1. The van der Waals surface area contributed by atoms with Gasteiger partial charge in [-0.05, 0) is 32.2 Å². The van der Waals surface area contributed by atoms with E-state index in [1.807, 2.05) is 19.4 Å². The summed E-state index contributed by atoms with van der Waals surface area (Å²) in [6, 6.07) is 0.643. The number of nitrogens with zero attached hydrogens (tertiary/aromatic N) is 3. The number of nitrogens with one attached hydrogen (secondary N) is 1. The fourth-order valence-electron chi connectivity index (χ4n) is 2.85. The maximum absolute atomic E-state index is 4.59. The molecule has 1 aromatic rings. The van der Waals surface area contributed by atoms with Crippen LogP contribution in [0.2, 0.25) is 0 Å². The summed E-state index contributed by atoms with van der Waals surface area (Å²) in [7, 11) is 1.95. The molecule has 0 atom stereocenters. The highest BCUT2D eigenvalue weighted by atomic mass is 15.3. The van der Waals surface area contributed by atoms with E-state index in [2.05, 4.69) is 34.0 Å². The summed E-state index contributed by atoms with van der Waals surface area (Å²) < 4.78 is 0. The van der Waals surface area contributed by atoms with Gasteiger partial charge in [-0.3, -0.25) is 0 Å². The summed E-state index contributed by atoms with van der Waals surface area (Å²) >= 11 is 0. The topological polar surface area (TPSA) is 41.1 Å². The maximum atomic E-state index is 4.59. The monoisotopic (exact) mass is 276 g/mol. The van der Waals surface area contributed by atoms with E-state index in [1.165, 1.54) is 32.1 Å². The van der Waals surface area contributed by atoms with Crippen molar-refractivity contribution in [2.45, 2.75) is 58.5 Å². The molecule has 1 saturated carbocycles. The zero-order valence-electron chi connectivity index (χ0n) is 13.1. The third-order valence-corrected chi connectivity index (χ3v) is 4.04. The summed E-state index contributed by atoms with van der Waals surface area (Å²) in [4.78, 5) is 11.6. The van der Waals surface area contributed by atoms with E-state index in [-0.39, 0.29) is 0 Å². The van der Waals surface area contributed by atoms with Crippen molar-refractivity contribution in [1.82, 2.24) is 15.3 Å². The molecule has 0 bridgehead atoms. The minimum atomic E-state index is 0.643. The molecule has 0 radical (unpaired) electrons. The van der Waals surface area contributed by atoms with E-state index in [4.69, 9.17) is 0 Å². The van der Waals surface area contributed by atoms with Crippen LogP contribution in [0.15, 0.2) is 12.4 Å². The minimum Gasteiger partial charge on any atom is -0.338 e. The molecule has 4 nitrogen and oxygen atoms in total. The molecule has 1 heterocycles. The molecule has 112 valence electrons. The Hall–Kier alpha value is -1.16. The molecule has 0 aliphatic heterocycles. The van der Waals surface area contributed by atoms with Crippen molar-refractivity contribution in [2.24, 2.45) is 5.92 Å². The molecule has 0 spiro atoms. The van der Waals surface area contributed by atoms with Crippen molar-refractivity contribution in [3.05, 3.63) is 18.0 Å². The van der Waals surface area contributed by atoms with E-state index >= 15 is 0 Å². The first-order valence-corrected chi connectivity index (χ1v) is 7.93. The van der Waals surface area contributed by atoms with Gasteiger partial charge < -0.3 is 10.2 Å². The van der Waals surface area contributed by atoms with Crippen LogP contribution in [0.5, 0.6) is 0 Å². The van der Waals surface area contributed by atoms with Gasteiger partial charge in [0.1, 0.15) is 0 Å². The average molecular weight is 276 g/mol. The second kappa shape index (κ2) is 7.58. The molecule has 1 aliphatic rings. The van der Waals surface area contributed by atoms with Crippen LogP contribution < -0.4 is 10.2 Å². The molecule has 1 fully saturated rings. The molecule has 0 amide bonds. The largest absolute Gasteiger partial charge is 0.338 e. The summed E-state index contributed by atoms with van der Waals surface area (Å²) in [5.74, 6) is 1.64. The molecule has 1 N–H and O–H groups in total. The van der Waals surface area contributed by atoms with Gasteiger partial charge in [0.05, 0.1) is 0 Å². The molecule has 0 unspecified atom stereocenters. The van der Waals surface area contributed by atoms with E-state index in [9.17, 15) is 0 Å². The van der Waals surface area contributed by atoms with Crippen molar-refractivity contribution in [2.75, 3.05) is 18.5 Å². The molecule has 20 heavy (non-hydrogen) atoms. The number of anilines is 1. The Morgan fingerprint density at radius 1 is 1.25 bits per heavy atom. The van der Waals surface area contributed by atoms with Gasteiger partial charge in [-0.1, -0.05) is 26.7 Å². The Labute approximate surface area is 123 Å². The molecule has 4 heteroatoms. The summed E-state index contributed by atoms with van der Waals surface area (Å²) in [5.41, 5.74) is 1.14. The van der Waals surface area contributed by atoms with Gasteiger partial charge in [-0.25, -0.2) is 9.97 Å². The number of rotatable bonds is 7. The standard InChI is InChI=1S/C16H28N4/c1-13(2)8-9-20(15-6-4-5-7-15)16-18-11-14(10-17-3)12-19-16/h11-13,15,17H,4-10H2,1-3H3. The Morgan fingerprint density at radius 3 is 2.45 bits per heavy atom.